The van der Waals surface area contributed by atoms with E-state index in [4.69, 9.17) is 9.72 Å². The number of rotatable bonds is 6. The second-order valence-corrected chi connectivity index (χ2v) is 6.96. The summed E-state index contributed by atoms with van der Waals surface area (Å²) in [6.45, 7) is 7.17. The summed E-state index contributed by atoms with van der Waals surface area (Å²) in [5.74, 6) is 0. The SMILES string of the molecule is Cc1ccc(-c2csc(CCNCC3CCCO3)n2)cc1C. The number of hydrogen-bond acceptors (Lipinski definition) is 4. The van der Waals surface area contributed by atoms with Gasteiger partial charge in [-0.2, -0.15) is 0 Å². The van der Waals surface area contributed by atoms with Gasteiger partial charge in [-0.15, -0.1) is 11.3 Å². The van der Waals surface area contributed by atoms with E-state index in [9.17, 15) is 0 Å². The molecular formula is C18H24N2OS. The lowest BCUT2D eigenvalue weighted by Gasteiger charge is -2.09. The van der Waals surface area contributed by atoms with Gasteiger partial charge in [0.2, 0.25) is 0 Å². The van der Waals surface area contributed by atoms with Gasteiger partial charge >= 0.3 is 0 Å². The standard InChI is InChI=1S/C18H24N2OS/c1-13-5-6-15(10-14(13)2)17-12-22-18(20-17)7-8-19-11-16-4-3-9-21-16/h5-6,10,12,16,19H,3-4,7-9,11H2,1-2H3. The minimum absolute atomic E-state index is 0.419. The third-order valence-electron chi connectivity index (χ3n) is 4.27. The molecule has 4 heteroatoms. The molecule has 1 saturated heterocycles. The third-order valence-corrected chi connectivity index (χ3v) is 5.17. The molecule has 1 aromatic heterocycles. The fourth-order valence-electron chi connectivity index (χ4n) is 2.72. The van der Waals surface area contributed by atoms with Gasteiger partial charge < -0.3 is 10.1 Å². The molecule has 1 fully saturated rings. The molecule has 1 N–H and O–H groups in total. The van der Waals surface area contributed by atoms with Crippen LogP contribution in [0.2, 0.25) is 0 Å². The van der Waals surface area contributed by atoms with Crippen molar-refractivity contribution in [2.75, 3.05) is 19.7 Å². The van der Waals surface area contributed by atoms with Crippen LogP contribution in [0, 0.1) is 13.8 Å². The summed E-state index contributed by atoms with van der Waals surface area (Å²) in [6.07, 6.45) is 3.81. The molecule has 3 rings (SSSR count). The maximum Gasteiger partial charge on any atom is 0.0945 e. The highest BCUT2D eigenvalue weighted by Crippen LogP contribution is 2.24. The first kappa shape index (κ1) is 15.7. The Kier molecular flexibility index (Phi) is 5.24. The van der Waals surface area contributed by atoms with Gasteiger partial charge in [-0.1, -0.05) is 12.1 Å². The van der Waals surface area contributed by atoms with Crippen LogP contribution in [0.4, 0.5) is 0 Å². The Labute approximate surface area is 136 Å². The molecule has 0 amide bonds. The van der Waals surface area contributed by atoms with Crippen molar-refractivity contribution < 1.29 is 4.74 Å². The van der Waals surface area contributed by atoms with Gasteiger partial charge in [0.25, 0.3) is 0 Å². The minimum Gasteiger partial charge on any atom is -0.377 e. The highest BCUT2D eigenvalue weighted by molar-refractivity contribution is 7.09. The summed E-state index contributed by atoms with van der Waals surface area (Å²) < 4.78 is 5.61. The first-order chi connectivity index (χ1) is 10.7. The van der Waals surface area contributed by atoms with Gasteiger partial charge in [0.1, 0.15) is 0 Å². The molecule has 1 atom stereocenters. The summed E-state index contributed by atoms with van der Waals surface area (Å²) >= 11 is 1.75. The molecule has 0 saturated carbocycles. The molecule has 22 heavy (non-hydrogen) atoms. The van der Waals surface area contributed by atoms with Crippen molar-refractivity contribution in [3.05, 3.63) is 39.7 Å². The molecule has 1 unspecified atom stereocenters. The molecule has 2 aromatic rings. The molecule has 0 aliphatic carbocycles. The Hall–Kier alpha value is -1.23. The predicted octanol–water partition coefficient (Wildman–Crippen LogP) is 3.74. The van der Waals surface area contributed by atoms with Crippen LogP contribution in [0.25, 0.3) is 11.3 Å². The van der Waals surface area contributed by atoms with E-state index in [-0.39, 0.29) is 0 Å². The molecule has 1 aromatic carbocycles. The molecule has 1 aliphatic heterocycles. The van der Waals surface area contributed by atoms with Crippen molar-refractivity contribution in [2.24, 2.45) is 0 Å². The van der Waals surface area contributed by atoms with E-state index in [1.807, 2.05) is 0 Å². The molecule has 2 heterocycles. The van der Waals surface area contributed by atoms with E-state index in [0.717, 1.165) is 31.8 Å². The fraction of sp³-hybridized carbons (Fsp3) is 0.500. The quantitative estimate of drug-likeness (QED) is 0.824. The maximum atomic E-state index is 5.61. The number of ether oxygens (including phenoxy) is 1. The summed E-state index contributed by atoms with van der Waals surface area (Å²) in [5.41, 5.74) is 4.97. The van der Waals surface area contributed by atoms with E-state index in [1.54, 1.807) is 11.3 Å². The van der Waals surface area contributed by atoms with Crippen LogP contribution < -0.4 is 5.32 Å². The van der Waals surface area contributed by atoms with Gasteiger partial charge in [-0.05, 0) is 43.9 Å². The number of aryl methyl sites for hydroxylation is 2. The van der Waals surface area contributed by atoms with Crippen molar-refractivity contribution in [3.8, 4) is 11.3 Å². The number of benzene rings is 1. The lowest BCUT2D eigenvalue weighted by Crippen LogP contribution is -2.27. The van der Waals surface area contributed by atoms with Gasteiger partial charge in [-0.3, -0.25) is 0 Å². The van der Waals surface area contributed by atoms with Gasteiger partial charge in [0.05, 0.1) is 16.8 Å². The van der Waals surface area contributed by atoms with Crippen LogP contribution in [-0.2, 0) is 11.2 Å². The Balaban J connectivity index is 1.51. The Morgan fingerprint density at radius 2 is 2.23 bits per heavy atom. The van der Waals surface area contributed by atoms with E-state index in [1.165, 1.54) is 34.5 Å². The van der Waals surface area contributed by atoms with Crippen LogP contribution in [0.3, 0.4) is 0 Å². The largest absolute Gasteiger partial charge is 0.377 e. The van der Waals surface area contributed by atoms with Crippen molar-refractivity contribution in [1.82, 2.24) is 10.3 Å². The maximum absolute atomic E-state index is 5.61. The molecule has 3 nitrogen and oxygen atoms in total. The zero-order chi connectivity index (χ0) is 15.4. The normalized spacial score (nSPS) is 18.0. The van der Waals surface area contributed by atoms with Crippen LogP contribution in [0.1, 0.15) is 29.0 Å². The van der Waals surface area contributed by atoms with Crippen LogP contribution >= 0.6 is 11.3 Å². The van der Waals surface area contributed by atoms with Crippen LogP contribution in [0.5, 0.6) is 0 Å². The summed E-state index contributed by atoms with van der Waals surface area (Å²) in [5, 5.41) is 6.85. The summed E-state index contributed by atoms with van der Waals surface area (Å²) in [7, 11) is 0. The predicted molar refractivity (Wildman–Crippen MR) is 92.6 cm³/mol. The summed E-state index contributed by atoms with van der Waals surface area (Å²) in [4.78, 5) is 4.77. The molecule has 118 valence electrons. The lowest BCUT2D eigenvalue weighted by molar-refractivity contribution is 0.110. The van der Waals surface area contributed by atoms with Crippen LogP contribution in [-0.4, -0.2) is 30.8 Å². The second-order valence-electron chi connectivity index (χ2n) is 6.01. The van der Waals surface area contributed by atoms with Gasteiger partial charge in [0.15, 0.2) is 0 Å². The van der Waals surface area contributed by atoms with E-state index < -0.39 is 0 Å². The molecule has 1 aliphatic rings. The fourth-order valence-corrected chi connectivity index (χ4v) is 3.53. The monoisotopic (exact) mass is 316 g/mol. The first-order valence-electron chi connectivity index (χ1n) is 8.07. The molecular weight excluding hydrogens is 292 g/mol. The Bertz CT molecular complexity index is 617. The number of thiazole rings is 1. The Morgan fingerprint density at radius 3 is 3.00 bits per heavy atom. The van der Waals surface area contributed by atoms with Gasteiger partial charge in [-0.25, -0.2) is 4.98 Å². The first-order valence-corrected chi connectivity index (χ1v) is 8.94. The highest BCUT2D eigenvalue weighted by Gasteiger charge is 2.14. The number of aromatic nitrogens is 1. The molecule has 0 radical (unpaired) electrons. The van der Waals surface area contributed by atoms with Crippen molar-refractivity contribution in [2.45, 2.75) is 39.2 Å². The summed E-state index contributed by atoms with van der Waals surface area (Å²) in [6, 6.07) is 6.56. The van der Waals surface area contributed by atoms with Crippen LogP contribution in [0.15, 0.2) is 23.6 Å². The third kappa shape index (κ3) is 3.94. The minimum atomic E-state index is 0.419. The van der Waals surface area contributed by atoms with Crippen molar-refractivity contribution in [1.29, 1.82) is 0 Å². The molecule has 0 bridgehead atoms. The molecule has 0 spiro atoms. The zero-order valence-electron chi connectivity index (χ0n) is 13.4. The average Bonchev–Trinajstić information content (AvgIpc) is 3.18. The lowest BCUT2D eigenvalue weighted by atomic mass is 10.1. The average molecular weight is 316 g/mol. The second kappa shape index (κ2) is 7.36. The number of hydrogen-bond donors (Lipinski definition) is 1. The Morgan fingerprint density at radius 1 is 1.32 bits per heavy atom. The van der Waals surface area contributed by atoms with E-state index in [0.29, 0.717) is 6.10 Å². The highest BCUT2D eigenvalue weighted by atomic mass is 32.1. The van der Waals surface area contributed by atoms with Gasteiger partial charge in [0, 0.05) is 37.1 Å². The number of nitrogens with zero attached hydrogens (tertiary/aromatic N) is 1. The van der Waals surface area contributed by atoms with E-state index in [2.05, 4.69) is 42.7 Å². The van der Waals surface area contributed by atoms with Crippen molar-refractivity contribution >= 4 is 11.3 Å². The van der Waals surface area contributed by atoms with E-state index >= 15 is 0 Å². The van der Waals surface area contributed by atoms with Crippen molar-refractivity contribution in [3.63, 3.8) is 0 Å². The zero-order valence-corrected chi connectivity index (χ0v) is 14.2. The number of nitrogens with one attached hydrogen (secondary N) is 1. The smallest absolute Gasteiger partial charge is 0.0945 e. The topological polar surface area (TPSA) is 34.1 Å².